The molecule has 0 saturated carbocycles. The Balaban J connectivity index is 1.29. The van der Waals surface area contributed by atoms with Gasteiger partial charge in [0.1, 0.15) is 6.04 Å². The summed E-state index contributed by atoms with van der Waals surface area (Å²) in [6.07, 6.45) is 1.93. The maximum Gasteiger partial charge on any atom is 0.335 e. The lowest BCUT2D eigenvalue weighted by atomic mass is 9.84. The Hall–Kier alpha value is -5.07. The number of carboxylic acid groups (broad SMARTS) is 1. The molecule has 11 nitrogen and oxygen atoms in total. The smallest absolute Gasteiger partial charge is 0.335 e. The second kappa shape index (κ2) is 14.4. The largest absolute Gasteiger partial charge is 0.478 e. The van der Waals surface area contributed by atoms with Crippen LogP contribution in [0.4, 0.5) is 10.1 Å². The number of nitrogens with two attached hydrogens (primary N) is 1. The predicted molar refractivity (Wildman–Crippen MR) is 186 cm³/mol. The molecule has 6 rings (SSSR count). The number of anilines is 1. The van der Waals surface area contributed by atoms with E-state index in [0.29, 0.717) is 37.2 Å². The summed E-state index contributed by atoms with van der Waals surface area (Å²) in [7, 11) is 0. The van der Waals surface area contributed by atoms with E-state index >= 15 is 0 Å². The third kappa shape index (κ3) is 6.86. The molecule has 50 heavy (non-hydrogen) atoms. The Bertz CT molecular complexity index is 1910. The Labute approximate surface area is 293 Å². The van der Waals surface area contributed by atoms with Crippen molar-refractivity contribution >= 4 is 52.3 Å². The summed E-state index contributed by atoms with van der Waals surface area (Å²) in [5, 5.41) is 16.1. The highest BCUT2D eigenvalue weighted by Crippen LogP contribution is 2.38. The van der Waals surface area contributed by atoms with Crippen molar-refractivity contribution in [3.63, 3.8) is 0 Å². The summed E-state index contributed by atoms with van der Waals surface area (Å²) >= 11 is 5.97. The van der Waals surface area contributed by atoms with Crippen molar-refractivity contribution in [2.75, 3.05) is 25.0 Å². The number of carbonyl (C=O) groups excluding carboxylic acids is 3. The van der Waals surface area contributed by atoms with E-state index in [4.69, 9.17) is 22.2 Å². The van der Waals surface area contributed by atoms with Crippen LogP contribution < -0.4 is 11.1 Å². The first kappa shape index (κ1) is 34.8. The van der Waals surface area contributed by atoms with E-state index in [-0.39, 0.29) is 46.7 Å². The highest BCUT2D eigenvalue weighted by molar-refractivity contribution is 6.31. The third-order valence-electron chi connectivity index (χ3n) is 9.43. The molecule has 0 fully saturated rings. The number of nitrogens with zero attached hydrogens (tertiary/aromatic N) is 3. The van der Waals surface area contributed by atoms with Gasteiger partial charge in [-0.25, -0.2) is 9.18 Å². The van der Waals surface area contributed by atoms with E-state index in [1.165, 1.54) is 41.3 Å². The molecule has 0 aliphatic carbocycles. The SMILES string of the molecule is CC(C)C(N)C(=O)N1CC=C(c2cccc3c2CCN(C(=O)[C@H]2CC(c4cccc(Cl)c4F)=NO2)[C@@H]3C(=O)Nc2ccc(C(=O)O)cc2)CC1. The van der Waals surface area contributed by atoms with Crippen molar-refractivity contribution in [2.45, 2.75) is 51.3 Å². The number of oxime groups is 1. The highest BCUT2D eigenvalue weighted by Gasteiger charge is 2.42. The Kier molecular flexibility index (Phi) is 10.0. The molecule has 1 unspecified atom stereocenters. The summed E-state index contributed by atoms with van der Waals surface area (Å²) in [5.74, 6) is -2.83. The summed E-state index contributed by atoms with van der Waals surface area (Å²) in [4.78, 5) is 61.3. The predicted octanol–water partition coefficient (Wildman–Crippen LogP) is 5.03. The van der Waals surface area contributed by atoms with Gasteiger partial charge in [-0.3, -0.25) is 14.4 Å². The quantitative estimate of drug-likeness (QED) is 0.298. The van der Waals surface area contributed by atoms with E-state index in [0.717, 1.165) is 16.7 Å². The van der Waals surface area contributed by atoms with Gasteiger partial charge in [-0.1, -0.05) is 60.9 Å². The average molecular weight is 702 g/mol. The lowest BCUT2D eigenvalue weighted by Crippen LogP contribution is -2.49. The fourth-order valence-corrected chi connectivity index (χ4v) is 6.76. The summed E-state index contributed by atoms with van der Waals surface area (Å²) in [6, 6.07) is 14.2. The van der Waals surface area contributed by atoms with Gasteiger partial charge in [0.15, 0.2) is 5.82 Å². The highest BCUT2D eigenvalue weighted by atomic mass is 35.5. The van der Waals surface area contributed by atoms with Crippen LogP contribution in [0.1, 0.15) is 65.3 Å². The van der Waals surface area contributed by atoms with Gasteiger partial charge >= 0.3 is 5.97 Å². The Morgan fingerprint density at radius 1 is 1.02 bits per heavy atom. The molecular weight excluding hydrogens is 665 g/mol. The maximum absolute atomic E-state index is 14.8. The fourth-order valence-electron chi connectivity index (χ4n) is 6.59. The number of carbonyl (C=O) groups is 4. The van der Waals surface area contributed by atoms with Crippen molar-refractivity contribution in [1.82, 2.24) is 9.80 Å². The zero-order valence-corrected chi connectivity index (χ0v) is 28.3. The maximum atomic E-state index is 14.8. The zero-order valence-electron chi connectivity index (χ0n) is 27.6. The van der Waals surface area contributed by atoms with E-state index in [9.17, 15) is 28.7 Å². The van der Waals surface area contributed by atoms with Crippen molar-refractivity contribution in [2.24, 2.45) is 16.8 Å². The van der Waals surface area contributed by atoms with E-state index in [2.05, 4.69) is 10.5 Å². The molecule has 3 aliphatic heterocycles. The van der Waals surface area contributed by atoms with Gasteiger partial charge in [0, 0.05) is 37.3 Å². The van der Waals surface area contributed by atoms with E-state index in [1.807, 2.05) is 38.1 Å². The number of nitrogens with one attached hydrogen (secondary N) is 1. The number of benzene rings is 3. The van der Waals surface area contributed by atoms with Gasteiger partial charge in [0.2, 0.25) is 12.0 Å². The second-order valence-corrected chi connectivity index (χ2v) is 13.3. The molecule has 13 heteroatoms. The Morgan fingerprint density at radius 3 is 2.42 bits per heavy atom. The number of rotatable bonds is 8. The number of fused-ring (bicyclic) bond motifs is 1. The molecule has 4 N–H and O–H groups in total. The van der Waals surface area contributed by atoms with Gasteiger partial charge in [0.05, 0.1) is 22.3 Å². The minimum absolute atomic E-state index is 0.0173. The molecule has 3 aromatic rings. The van der Waals surface area contributed by atoms with Crippen molar-refractivity contribution in [3.8, 4) is 0 Å². The van der Waals surface area contributed by atoms with Crippen molar-refractivity contribution < 1.29 is 33.5 Å². The number of amides is 3. The summed E-state index contributed by atoms with van der Waals surface area (Å²) in [5.41, 5.74) is 10.4. The van der Waals surface area contributed by atoms with Crippen LogP contribution in [-0.4, -0.2) is 76.1 Å². The van der Waals surface area contributed by atoms with Gasteiger partial charge in [-0.2, -0.15) is 0 Å². The van der Waals surface area contributed by atoms with E-state index < -0.39 is 41.8 Å². The van der Waals surface area contributed by atoms with Crippen LogP contribution in [0, 0.1) is 11.7 Å². The second-order valence-electron chi connectivity index (χ2n) is 12.9. The van der Waals surface area contributed by atoms with Crippen LogP contribution in [0.3, 0.4) is 0 Å². The standard InChI is InChI=1S/C37H37ClFN5O6/c1-20(2)32(40)36(47)43-16-13-21(14-17-43)24-5-3-6-26-25(24)15-18-44(33(26)34(45)41-23-11-9-22(10-12-23)37(48)49)35(46)30-19-29(42-50-30)27-7-4-8-28(38)31(27)39/h3-13,20,30,32-33H,14-19,40H2,1-2H3,(H,41,45)(H,48,49)/t30-,32?,33+/m1/s1. The first-order valence-corrected chi connectivity index (χ1v) is 16.8. The van der Waals surface area contributed by atoms with Gasteiger partial charge in [-0.05, 0) is 77.4 Å². The lowest BCUT2D eigenvalue weighted by molar-refractivity contribution is -0.148. The number of hydrogen-bond donors (Lipinski definition) is 3. The van der Waals surface area contributed by atoms with E-state index in [1.54, 1.807) is 11.0 Å². The fraction of sp³-hybridized carbons (Fsp3) is 0.324. The average Bonchev–Trinajstić information content (AvgIpc) is 3.61. The molecule has 0 bridgehead atoms. The third-order valence-corrected chi connectivity index (χ3v) is 9.72. The van der Waals surface area contributed by atoms with Crippen molar-refractivity contribution in [3.05, 3.63) is 105 Å². The molecule has 3 heterocycles. The van der Waals surface area contributed by atoms with Crippen molar-refractivity contribution in [1.29, 1.82) is 0 Å². The number of aromatic carboxylic acids is 1. The topological polar surface area (TPSA) is 155 Å². The lowest BCUT2D eigenvalue weighted by Gasteiger charge is -2.38. The summed E-state index contributed by atoms with van der Waals surface area (Å²) in [6.45, 7) is 4.93. The van der Waals surface area contributed by atoms with Crippen LogP contribution >= 0.6 is 11.6 Å². The molecule has 3 aromatic carbocycles. The molecular formula is C37H37ClFN5O6. The normalized spacial score (nSPS) is 19.2. The monoisotopic (exact) mass is 701 g/mol. The van der Waals surface area contributed by atoms with Crippen LogP contribution in [0.5, 0.6) is 0 Å². The molecule has 0 aromatic heterocycles. The minimum Gasteiger partial charge on any atom is -0.478 e. The van der Waals surface area contributed by atoms with Gasteiger partial charge in [-0.15, -0.1) is 0 Å². The summed E-state index contributed by atoms with van der Waals surface area (Å²) < 4.78 is 14.8. The molecule has 260 valence electrons. The van der Waals surface area contributed by atoms with Gasteiger partial charge in [0.25, 0.3) is 11.8 Å². The zero-order chi connectivity index (χ0) is 35.7. The molecule has 0 radical (unpaired) electrons. The first-order chi connectivity index (χ1) is 23.9. The van der Waals surface area contributed by atoms with Crippen LogP contribution in [-0.2, 0) is 25.6 Å². The van der Waals surface area contributed by atoms with Crippen LogP contribution in [0.15, 0.2) is 71.9 Å². The molecule has 3 amide bonds. The molecule has 3 aliphatic rings. The first-order valence-electron chi connectivity index (χ1n) is 16.4. The number of halogens is 2. The molecule has 0 spiro atoms. The van der Waals surface area contributed by atoms with Crippen LogP contribution in [0.2, 0.25) is 5.02 Å². The van der Waals surface area contributed by atoms with Crippen LogP contribution in [0.25, 0.3) is 5.57 Å². The molecule has 3 atom stereocenters. The number of carboxylic acids is 1. The Morgan fingerprint density at radius 2 is 1.74 bits per heavy atom. The number of hydrogen-bond acceptors (Lipinski definition) is 7. The molecule has 0 saturated heterocycles. The minimum atomic E-state index is -1.10. The van der Waals surface area contributed by atoms with Gasteiger partial charge < -0.3 is 30.8 Å².